The Hall–Kier alpha value is -3.84. The summed E-state index contributed by atoms with van der Waals surface area (Å²) in [5.74, 6) is 0.359. The van der Waals surface area contributed by atoms with Gasteiger partial charge in [-0.1, -0.05) is 36.1 Å². The zero-order valence-corrected chi connectivity index (χ0v) is 24.7. The fourth-order valence-electron chi connectivity index (χ4n) is 4.52. The number of nitrogens with two attached hydrogens (primary N) is 1. The molecule has 2 fully saturated rings. The molecular formula is C30H31N5O5S2. The average Bonchev–Trinajstić information content (AvgIpc) is 3.26. The van der Waals surface area contributed by atoms with E-state index in [-0.39, 0.29) is 11.5 Å². The number of morpholine rings is 1. The number of aryl methyl sites for hydroxylation is 1. The summed E-state index contributed by atoms with van der Waals surface area (Å²) in [4.78, 5) is 37.8. The van der Waals surface area contributed by atoms with Crippen LogP contribution in [0.4, 0.5) is 5.82 Å². The van der Waals surface area contributed by atoms with Gasteiger partial charge in [0.05, 0.1) is 23.7 Å². The second kappa shape index (κ2) is 13.4. The molecule has 0 aliphatic carbocycles. The number of aromatic carboxylic acids is 1. The summed E-state index contributed by atoms with van der Waals surface area (Å²) in [6.45, 7) is 6.65. The zero-order chi connectivity index (χ0) is 29.6. The minimum absolute atomic E-state index is 0.187. The number of carbonyl (C=O) groups is 2. The Morgan fingerprint density at radius 1 is 1.19 bits per heavy atom. The van der Waals surface area contributed by atoms with Crippen molar-refractivity contribution in [1.29, 1.82) is 0 Å². The van der Waals surface area contributed by atoms with Crippen LogP contribution >= 0.6 is 24.0 Å². The van der Waals surface area contributed by atoms with Crippen LogP contribution in [0.25, 0.3) is 17.5 Å². The number of nitrogen functional groups attached to an aromatic ring is 1. The molecule has 12 heteroatoms. The number of hydrogen-bond donors (Lipinski definition) is 2. The molecular weight excluding hydrogens is 574 g/mol. The zero-order valence-electron chi connectivity index (χ0n) is 23.1. The second-order valence-corrected chi connectivity index (χ2v) is 11.6. The molecule has 1 amide bonds. The number of hydrogen-bond acceptors (Lipinski definition) is 10. The summed E-state index contributed by atoms with van der Waals surface area (Å²) in [5, 5.41) is 9.12. The maximum Gasteiger partial charge on any atom is 0.335 e. The number of carboxylic acids is 1. The van der Waals surface area contributed by atoms with Gasteiger partial charge in [-0.3, -0.25) is 14.6 Å². The van der Waals surface area contributed by atoms with Crippen LogP contribution in [-0.2, 0) is 16.0 Å². The molecule has 10 nitrogen and oxygen atoms in total. The quantitative estimate of drug-likeness (QED) is 0.258. The van der Waals surface area contributed by atoms with Crippen LogP contribution in [0.1, 0.15) is 27.0 Å². The molecule has 0 unspecified atom stereocenters. The van der Waals surface area contributed by atoms with Crippen LogP contribution in [0, 0.1) is 6.92 Å². The molecule has 1 aromatic heterocycles. The molecule has 0 atom stereocenters. The summed E-state index contributed by atoms with van der Waals surface area (Å²) in [6.07, 6.45) is 4.02. The monoisotopic (exact) mass is 605 g/mol. The third-order valence-electron chi connectivity index (χ3n) is 7.03. The SMILES string of the molecule is Cc1cnc(-c2ccc(OCCN3CCOCC3)c(C=C3SC(=S)N(CCc4ccc(C(=O)O)cc4)C3=O)c2)nc1N. The van der Waals surface area contributed by atoms with Crippen molar-refractivity contribution in [3.63, 3.8) is 0 Å². The van der Waals surface area contributed by atoms with Crippen LogP contribution < -0.4 is 10.5 Å². The lowest BCUT2D eigenvalue weighted by atomic mass is 10.1. The first kappa shape index (κ1) is 29.6. The standard InChI is InChI=1S/C30H31N5O5S2/c1-19-18-32-27(33-26(19)31)22-6-7-24(40-15-12-34-10-13-39-14-11-34)23(16-22)17-25-28(36)35(30(41)42-25)9-8-20-2-4-21(5-3-20)29(37)38/h2-7,16-18H,8-15H2,1H3,(H,37,38)(H2,31,32,33). The summed E-state index contributed by atoms with van der Waals surface area (Å²) < 4.78 is 12.1. The van der Waals surface area contributed by atoms with Crippen molar-refractivity contribution in [3.8, 4) is 17.1 Å². The largest absolute Gasteiger partial charge is 0.492 e. The van der Waals surface area contributed by atoms with Crippen LogP contribution in [-0.4, -0.2) is 87.1 Å². The predicted octanol–water partition coefficient (Wildman–Crippen LogP) is 3.89. The van der Waals surface area contributed by atoms with Crippen LogP contribution in [0.3, 0.4) is 0 Å². The Morgan fingerprint density at radius 2 is 1.95 bits per heavy atom. The van der Waals surface area contributed by atoms with Gasteiger partial charge in [0.15, 0.2) is 5.82 Å². The summed E-state index contributed by atoms with van der Waals surface area (Å²) in [5.41, 5.74) is 9.42. The van der Waals surface area contributed by atoms with Gasteiger partial charge in [-0.2, -0.15) is 0 Å². The summed E-state index contributed by atoms with van der Waals surface area (Å²) in [7, 11) is 0. The lowest BCUT2D eigenvalue weighted by molar-refractivity contribution is -0.122. The van der Waals surface area contributed by atoms with Gasteiger partial charge in [0.25, 0.3) is 5.91 Å². The Labute approximate surface area is 253 Å². The lowest BCUT2D eigenvalue weighted by Crippen LogP contribution is -2.38. The highest BCUT2D eigenvalue weighted by Gasteiger charge is 2.32. The third-order valence-corrected chi connectivity index (χ3v) is 8.41. The van der Waals surface area contributed by atoms with Gasteiger partial charge in [-0.05, 0) is 55.3 Å². The number of thioether (sulfide) groups is 1. The summed E-state index contributed by atoms with van der Waals surface area (Å²) >= 11 is 6.80. The number of nitrogens with zero attached hydrogens (tertiary/aromatic N) is 4. The van der Waals surface area contributed by atoms with Gasteiger partial charge >= 0.3 is 5.97 Å². The van der Waals surface area contributed by atoms with Gasteiger partial charge in [-0.25, -0.2) is 14.8 Å². The van der Waals surface area contributed by atoms with Crippen molar-refractivity contribution in [2.24, 2.45) is 0 Å². The molecule has 0 spiro atoms. The molecule has 0 radical (unpaired) electrons. The number of benzene rings is 2. The van der Waals surface area contributed by atoms with E-state index in [9.17, 15) is 9.59 Å². The molecule has 3 N–H and O–H groups in total. The van der Waals surface area contributed by atoms with Crippen molar-refractivity contribution in [3.05, 3.63) is 75.8 Å². The van der Waals surface area contributed by atoms with Crippen molar-refractivity contribution in [2.75, 3.05) is 51.7 Å². The van der Waals surface area contributed by atoms with Gasteiger partial charge in [-0.15, -0.1) is 0 Å². The fourth-order valence-corrected chi connectivity index (χ4v) is 5.82. The Morgan fingerprint density at radius 3 is 2.67 bits per heavy atom. The maximum atomic E-state index is 13.4. The van der Waals surface area contributed by atoms with Crippen molar-refractivity contribution >= 4 is 52.1 Å². The van der Waals surface area contributed by atoms with Gasteiger partial charge in [0.1, 0.15) is 22.5 Å². The number of anilines is 1. The maximum absolute atomic E-state index is 13.4. The highest BCUT2D eigenvalue weighted by molar-refractivity contribution is 8.26. The first-order chi connectivity index (χ1) is 20.3. The first-order valence-electron chi connectivity index (χ1n) is 13.5. The molecule has 218 valence electrons. The Kier molecular flexibility index (Phi) is 9.48. The van der Waals surface area contributed by atoms with E-state index in [4.69, 9.17) is 32.5 Å². The molecule has 3 aromatic rings. The number of carboxylic acid groups (broad SMARTS) is 1. The first-order valence-corrected chi connectivity index (χ1v) is 14.7. The molecule has 2 aliphatic heterocycles. The van der Waals surface area contributed by atoms with Gasteiger partial charge < -0.3 is 20.3 Å². The van der Waals surface area contributed by atoms with Crippen molar-refractivity contribution in [2.45, 2.75) is 13.3 Å². The molecule has 5 rings (SSSR count). The molecule has 0 bridgehead atoms. The highest BCUT2D eigenvalue weighted by Crippen LogP contribution is 2.35. The third kappa shape index (κ3) is 7.13. The Balaban J connectivity index is 1.35. The lowest BCUT2D eigenvalue weighted by Gasteiger charge is -2.26. The molecule has 2 aliphatic rings. The van der Waals surface area contributed by atoms with Gasteiger partial charge in [0, 0.05) is 49.1 Å². The molecule has 2 saturated heterocycles. The average molecular weight is 606 g/mol. The van der Waals surface area contributed by atoms with E-state index >= 15 is 0 Å². The van der Waals surface area contributed by atoms with Gasteiger partial charge in [0.2, 0.25) is 0 Å². The molecule has 2 aromatic carbocycles. The van der Waals surface area contributed by atoms with E-state index in [2.05, 4.69) is 14.9 Å². The van der Waals surface area contributed by atoms with E-state index in [1.165, 1.54) is 11.8 Å². The Bertz CT molecular complexity index is 1520. The van der Waals surface area contributed by atoms with Crippen LogP contribution in [0.5, 0.6) is 5.75 Å². The second-order valence-electron chi connectivity index (χ2n) is 9.90. The summed E-state index contributed by atoms with van der Waals surface area (Å²) in [6, 6.07) is 12.3. The van der Waals surface area contributed by atoms with Crippen LogP contribution in [0.15, 0.2) is 53.6 Å². The number of rotatable bonds is 10. The predicted molar refractivity (Wildman–Crippen MR) is 166 cm³/mol. The van der Waals surface area contributed by atoms with E-state index < -0.39 is 5.97 Å². The smallest absolute Gasteiger partial charge is 0.335 e. The topological polar surface area (TPSA) is 131 Å². The number of amides is 1. The van der Waals surface area contributed by atoms with E-state index in [0.29, 0.717) is 51.8 Å². The minimum atomic E-state index is -0.977. The highest BCUT2D eigenvalue weighted by atomic mass is 32.2. The number of carbonyl (C=O) groups excluding carboxylic acids is 1. The number of ether oxygens (including phenoxy) is 2. The number of thiocarbonyl (C=S) groups is 1. The van der Waals surface area contributed by atoms with E-state index in [0.717, 1.165) is 49.5 Å². The van der Waals surface area contributed by atoms with E-state index in [1.54, 1.807) is 41.4 Å². The van der Waals surface area contributed by atoms with Crippen molar-refractivity contribution < 1.29 is 24.2 Å². The normalized spacial score (nSPS) is 16.8. The molecule has 42 heavy (non-hydrogen) atoms. The van der Waals surface area contributed by atoms with E-state index in [1.807, 2.05) is 25.1 Å². The minimum Gasteiger partial charge on any atom is -0.492 e. The van der Waals surface area contributed by atoms with Crippen LogP contribution in [0.2, 0.25) is 0 Å². The molecule has 3 heterocycles. The van der Waals surface area contributed by atoms with Crippen molar-refractivity contribution in [1.82, 2.24) is 19.8 Å². The number of aromatic nitrogens is 2. The fraction of sp³-hybridized carbons (Fsp3) is 0.300. The molecule has 0 saturated carbocycles.